The predicted octanol–water partition coefficient (Wildman–Crippen LogP) is 3.95. The van der Waals surface area contributed by atoms with Gasteiger partial charge in [-0.1, -0.05) is 13.0 Å². The number of H-pyrrole nitrogens is 1. The lowest BCUT2D eigenvalue weighted by atomic mass is 10.1. The minimum Gasteiger partial charge on any atom is -0.326 e. The zero-order valence-electron chi connectivity index (χ0n) is 15.5. The third-order valence-electron chi connectivity index (χ3n) is 4.60. The number of nitrogens with zero attached hydrogens (tertiary/aromatic N) is 2. The molecule has 1 saturated carbocycles. The van der Waals surface area contributed by atoms with Gasteiger partial charge in [0.2, 0.25) is 5.91 Å². The van der Waals surface area contributed by atoms with E-state index >= 15 is 0 Å². The average molecular weight is 375 g/mol. The van der Waals surface area contributed by atoms with Gasteiger partial charge in [-0.25, -0.2) is 4.98 Å². The molecule has 0 unspecified atom stereocenters. The van der Waals surface area contributed by atoms with Crippen LogP contribution in [0.15, 0.2) is 48.5 Å². The minimum atomic E-state index is -0.241. The van der Waals surface area contributed by atoms with Crippen LogP contribution >= 0.6 is 0 Å². The van der Waals surface area contributed by atoms with Gasteiger partial charge in [-0.3, -0.25) is 14.7 Å². The molecular weight excluding hydrogens is 354 g/mol. The molecule has 1 aliphatic carbocycles. The number of carbonyl (C=O) groups excluding carboxylic acids is 2. The van der Waals surface area contributed by atoms with E-state index < -0.39 is 0 Å². The maximum Gasteiger partial charge on any atom is 0.255 e. The molecule has 2 amide bonds. The number of hydrogen-bond acceptors (Lipinski definition) is 4. The summed E-state index contributed by atoms with van der Waals surface area (Å²) in [5, 5.41) is 12.9. The number of amides is 2. The van der Waals surface area contributed by atoms with E-state index in [4.69, 9.17) is 0 Å². The maximum atomic E-state index is 12.5. The molecule has 3 aromatic rings. The average Bonchev–Trinajstić information content (AvgIpc) is 3.45. The van der Waals surface area contributed by atoms with E-state index in [1.165, 1.54) is 12.8 Å². The Kier molecular flexibility index (Phi) is 4.89. The van der Waals surface area contributed by atoms with Gasteiger partial charge >= 0.3 is 0 Å². The first-order valence-electron chi connectivity index (χ1n) is 9.36. The molecule has 1 aliphatic rings. The number of nitrogens with one attached hydrogen (secondary N) is 3. The first-order chi connectivity index (χ1) is 13.6. The van der Waals surface area contributed by atoms with Crippen LogP contribution in [-0.4, -0.2) is 27.0 Å². The number of aromatic amines is 1. The van der Waals surface area contributed by atoms with Crippen LogP contribution in [0.1, 0.15) is 48.3 Å². The molecule has 3 N–H and O–H groups in total. The Bertz CT molecular complexity index is 1010. The summed E-state index contributed by atoms with van der Waals surface area (Å²) in [5.41, 5.74) is 2.65. The number of benzene rings is 2. The molecule has 0 saturated heterocycles. The SMILES string of the molecule is CCC(=O)Nc1cccc(C(=O)Nc2ccc(-c3n[nH]c(C4CC4)n3)cc2)c1. The zero-order chi connectivity index (χ0) is 19.5. The van der Waals surface area contributed by atoms with Crippen molar-refractivity contribution in [1.29, 1.82) is 0 Å². The van der Waals surface area contributed by atoms with Crippen LogP contribution in [0.2, 0.25) is 0 Å². The predicted molar refractivity (Wildman–Crippen MR) is 107 cm³/mol. The van der Waals surface area contributed by atoms with Gasteiger partial charge < -0.3 is 10.6 Å². The van der Waals surface area contributed by atoms with Gasteiger partial charge in [0.15, 0.2) is 5.82 Å². The minimum absolute atomic E-state index is 0.0926. The van der Waals surface area contributed by atoms with Crippen molar-refractivity contribution in [3.63, 3.8) is 0 Å². The Morgan fingerprint density at radius 2 is 1.86 bits per heavy atom. The Hall–Kier alpha value is -3.48. The second kappa shape index (κ2) is 7.64. The molecule has 0 bridgehead atoms. The van der Waals surface area contributed by atoms with E-state index in [2.05, 4.69) is 25.8 Å². The summed E-state index contributed by atoms with van der Waals surface area (Å²) < 4.78 is 0. The van der Waals surface area contributed by atoms with Crippen LogP contribution < -0.4 is 10.6 Å². The number of hydrogen-bond donors (Lipinski definition) is 3. The molecule has 1 aromatic heterocycles. The largest absolute Gasteiger partial charge is 0.326 e. The molecule has 0 spiro atoms. The second-order valence-electron chi connectivity index (χ2n) is 6.83. The van der Waals surface area contributed by atoms with E-state index in [1.54, 1.807) is 31.2 Å². The Balaban J connectivity index is 1.43. The summed E-state index contributed by atoms with van der Waals surface area (Å²) in [5.74, 6) is 1.80. The fourth-order valence-electron chi connectivity index (χ4n) is 2.84. The van der Waals surface area contributed by atoms with E-state index in [0.29, 0.717) is 35.1 Å². The van der Waals surface area contributed by atoms with Gasteiger partial charge in [0.05, 0.1) is 0 Å². The number of carbonyl (C=O) groups is 2. The van der Waals surface area contributed by atoms with Crippen LogP contribution in [0.25, 0.3) is 11.4 Å². The quantitative estimate of drug-likeness (QED) is 0.607. The summed E-state index contributed by atoms with van der Waals surface area (Å²) in [6.45, 7) is 1.78. The van der Waals surface area contributed by atoms with Crippen LogP contribution in [0, 0.1) is 0 Å². The Morgan fingerprint density at radius 3 is 2.57 bits per heavy atom. The highest BCUT2D eigenvalue weighted by Crippen LogP contribution is 2.38. The lowest BCUT2D eigenvalue weighted by Gasteiger charge is -2.08. The Morgan fingerprint density at radius 1 is 1.07 bits per heavy atom. The van der Waals surface area contributed by atoms with Crippen molar-refractivity contribution in [2.45, 2.75) is 32.1 Å². The molecule has 7 heteroatoms. The van der Waals surface area contributed by atoms with Crippen molar-refractivity contribution in [3.8, 4) is 11.4 Å². The Labute approximate surface area is 162 Å². The van der Waals surface area contributed by atoms with Gasteiger partial charge in [0.1, 0.15) is 5.82 Å². The summed E-state index contributed by atoms with van der Waals surface area (Å²) in [6.07, 6.45) is 2.72. The molecule has 0 radical (unpaired) electrons. The van der Waals surface area contributed by atoms with Crippen LogP contribution in [0.4, 0.5) is 11.4 Å². The highest BCUT2D eigenvalue weighted by Gasteiger charge is 2.27. The first kappa shape index (κ1) is 17.9. The van der Waals surface area contributed by atoms with E-state index in [0.717, 1.165) is 11.4 Å². The molecule has 0 aliphatic heterocycles. The topological polar surface area (TPSA) is 99.8 Å². The van der Waals surface area contributed by atoms with E-state index in [1.807, 2.05) is 24.3 Å². The van der Waals surface area contributed by atoms with Crippen molar-refractivity contribution in [2.24, 2.45) is 0 Å². The summed E-state index contributed by atoms with van der Waals surface area (Å²) in [7, 11) is 0. The molecule has 4 rings (SSSR count). The third-order valence-corrected chi connectivity index (χ3v) is 4.60. The third kappa shape index (κ3) is 4.09. The monoisotopic (exact) mass is 375 g/mol. The fourth-order valence-corrected chi connectivity index (χ4v) is 2.84. The molecular formula is C21H21N5O2. The highest BCUT2D eigenvalue weighted by molar-refractivity contribution is 6.05. The van der Waals surface area contributed by atoms with Crippen molar-refractivity contribution in [1.82, 2.24) is 15.2 Å². The number of rotatable bonds is 6. The fraction of sp³-hybridized carbons (Fsp3) is 0.238. The zero-order valence-corrected chi connectivity index (χ0v) is 15.5. The lowest BCUT2D eigenvalue weighted by Crippen LogP contribution is -2.13. The molecule has 1 heterocycles. The maximum absolute atomic E-state index is 12.5. The first-order valence-corrected chi connectivity index (χ1v) is 9.36. The molecule has 142 valence electrons. The number of aromatic nitrogens is 3. The molecule has 28 heavy (non-hydrogen) atoms. The van der Waals surface area contributed by atoms with Crippen molar-refractivity contribution in [3.05, 3.63) is 59.9 Å². The van der Waals surface area contributed by atoms with Crippen LogP contribution in [-0.2, 0) is 4.79 Å². The standard InChI is InChI=1S/C21H21N5O2/c1-2-18(27)22-17-5-3-4-15(12-17)21(28)23-16-10-8-14(9-11-16)20-24-19(25-26-20)13-6-7-13/h3-5,8-13H,2,6-7H2,1H3,(H,22,27)(H,23,28)(H,24,25,26). The molecule has 1 fully saturated rings. The van der Waals surface area contributed by atoms with Gasteiger partial charge in [-0.2, -0.15) is 5.10 Å². The van der Waals surface area contributed by atoms with E-state index in [9.17, 15) is 9.59 Å². The van der Waals surface area contributed by atoms with Gasteiger partial charge in [0, 0.05) is 34.8 Å². The van der Waals surface area contributed by atoms with Gasteiger partial charge in [-0.05, 0) is 55.3 Å². The summed E-state index contributed by atoms with van der Waals surface area (Å²) in [6, 6.07) is 14.3. The highest BCUT2D eigenvalue weighted by atomic mass is 16.2. The van der Waals surface area contributed by atoms with Crippen LogP contribution in [0.5, 0.6) is 0 Å². The molecule has 0 atom stereocenters. The smallest absolute Gasteiger partial charge is 0.255 e. The van der Waals surface area contributed by atoms with Crippen LogP contribution in [0.3, 0.4) is 0 Å². The number of anilines is 2. The second-order valence-corrected chi connectivity index (χ2v) is 6.83. The molecule has 7 nitrogen and oxygen atoms in total. The van der Waals surface area contributed by atoms with Crippen molar-refractivity contribution >= 4 is 23.2 Å². The van der Waals surface area contributed by atoms with Gasteiger partial charge in [0.25, 0.3) is 5.91 Å². The summed E-state index contributed by atoms with van der Waals surface area (Å²) >= 11 is 0. The van der Waals surface area contributed by atoms with Crippen molar-refractivity contribution < 1.29 is 9.59 Å². The van der Waals surface area contributed by atoms with E-state index in [-0.39, 0.29) is 11.8 Å². The molecule has 2 aromatic carbocycles. The normalized spacial score (nSPS) is 13.2. The van der Waals surface area contributed by atoms with Gasteiger partial charge in [-0.15, -0.1) is 0 Å². The lowest BCUT2D eigenvalue weighted by molar-refractivity contribution is -0.115. The van der Waals surface area contributed by atoms with Crippen molar-refractivity contribution in [2.75, 3.05) is 10.6 Å². The summed E-state index contributed by atoms with van der Waals surface area (Å²) in [4.78, 5) is 28.6.